The lowest BCUT2D eigenvalue weighted by molar-refractivity contribution is 0.0939. The topological polar surface area (TPSA) is 73.4 Å². The predicted octanol–water partition coefficient (Wildman–Crippen LogP) is 2.93. The molecule has 0 aliphatic heterocycles. The molecule has 4 rings (SSSR count). The van der Waals surface area contributed by atoms with Crippen molar-refractivity contribution >= 4 is 22.8 Å². The number of aromatic nitrogens is 4. The lowest BCUT2D eigenvalue weighted by Crippen LogP contribution is -2.26. The average Bonchev–Trinajstić information content (AvgIpc) is 3.39. The number of rotatable bonds is 6. The van der Waals surface area contributed by atoms with E-state index in [1.807, 2.05) is 57.9 Å². The molecule has 4 aromatic rings. The lowest BCUT2D eigenvalue weighted by atomic mass is 10.2. The van der Waals surface area contributed by atoms with Gasteiger partial charge in [0.25, 0.3) is 5.91 Å². The molecule has 0 spiro atoms. The monoisotopic (exact) mass is 381 g/mol. The maximum Gasteiger partial charge on any atom is 0.253 e. The molecule has 0 fully saturated rings. The SMILES string of the molecule is COCCNC(=O)c1cc(-c2cn(-c3nccs3)c(C)n2)n2ccccc12. The van der Waals surface area contributed by atoms with Crippen LogP contribution in [-0.4, -0.2) is 45.1 Å². The Labute approximate surface area is 160 Å². The first-order chi connectivity index (χ1) is 13.2. The minimum Gasteiger partial charge on any atom is -0.383 e. The molecule has 0 aliphatic carbocycles. The summed E-state index contributed by atoms with van der Waals surface area (Å²) >= 11 is 1.55. The minimum absolute atomic E-state index is 0.127. The number of thiazole rings is 1. The highest BCUT2D eigenvalue weighted by molar-refractivity contribution is 7.12. The number of hydrogen-bond acceptors (Lipinski definition) is 5. The summed E-state index contributed by atoms with van der Waals surface area (Å²) in [4.78, 5) is 21.7. The number of pyridine rings is 1. The molecule has 0 saturated carbocycles. The number of carbonyl (C=O) groups excluding carboxylic acids is 1. The Morgan fingerprint density at radius 3 is 3.04 bits per heavy atom. The fourth-order valence-corrected chi connectivity index (χ4v) is 3.68. The zero-order valence-electron chi connectivity index (χ0n) is 15.0. The van der Waals surface area contributed by atoms with Gasteiger partial charge in [0, 0.05) is 37.6 Å². The molecule has 0 bridgehead atoms. The first-order valence-corrected chi connectivity index (χ1v) is 9.40. The van der Waals surface area contributed by atoms with Crippen LogP contribution >= 0.6 is 11.3 Å². The Bertz CT molecular complexity index is 1080. The molecule has 1 amide bonds. The summed E-state index contributed by atoms with van der Waals surface area (Å²) in [5.41, 5.74) is 3.10. The van der Waals surface area contributed by atoms with E-state index in [0.717, 1.165) is 27.9 Å². The van der Waals surface area contributed by atoms with Gasteiger partial charge in [0.1, 0.15) is 11.5 Å². The molecule has 8 heteroatoms. The molecule has 0 saturated heterocycles. The summed E-state index contributed by atoms with van der Waals surface area (Å²) in [5.74, 6) is 0.718. The van der Waals surface area contributed by atoms with Crippen LogP contribution in [0.15, 0.2) is 48.2 Å². The predicted molar refractivity (Wildman–Crippen MR) is 105 cm³/mol. The molecule has 0 aliphatic rings. The number of nitrogens with zero attached hydrogens (tertiary/aromatic N) is 4. The van der Waals surface area contributed by atoms with Crippen LogP contribution in [0.25, 0.3) is 22.0 Å². The molecule has 4 heterocycles. The molecular weight excluding hydrogens is 362 g/mol. The van der Waals surface area contributed by atoms with Gasteiger partial charge in [0.2, 0.25) is 0 Å². The smallest absolute Gasteiger partial charge is 0.253 e. The van der Waals surface area contributed by atoms with Crippen molar-refractivity contribution in [3.63, 3.8) is 0 Å². The average molecular weight is 381 g/mol. The summed E-state index contributed by atoms with van der Waals surface area (Å²) in [6, 6.07) is 7.67. The van der Waals surface area contributed by atoms with E-state index >= 15 is 0 Å². The van der Waals surface area contributed by atoms with Gasteiger partial charge in [-0.2, -0.15) is 0 Å². The second-order valence-corrected chi connectivity index (χ2v) is 6.88. The van der Waals surface area contributed by atoms with Crippen molar-refractivity contribution in [2.45, 2.75) is 6.92 Å². The van der Waals surface area contributed by atoms with Crippen molar-refractivity contribution in [3.8, 4) is 16.5 Å². The number of imidazole rings is 1. The van der Waals surface area contributed by atoms with Gasteiger partial charge >= 0.3 is 0 Å². The maximum atomic E-state index is 12.6. The van der Waals surface area contributed by atoms with E-state index in [9.17, 15) is 4.79 Å². The van der Waals surface area contributed by atoms with E-state index in [-0.39, 0.29) is 5.91 Å². The number of aryl methyl sites for hydroxylation is 1. The molecule has 0 unspecified atom stereocenters. The van der Waals surface area contributed by atoms with E-state index < -0.39 is 0 Å². The highest BCUT2D eigenvalue weighted by Gasteiger charge is 2.18. The number of methoxy groups -OCH3 is 1. The first-order valence-electron chi connectivity index (χ1n) is 8.52. The van der Waals surface area contributed by atoms with Crippen LogP contribution in [0.5, 0.6) is 0 Å². The van der Waals surface area contributed by atoms with Crippen LogP contribution < -0.4 is 5.32 Å². The van der Waals surface area contributed by atoms with Crippen LogP contribution in [0.4, 0.5) is 0 Å². The number of nitrogens with one attached hydrogen (secondary N) is 1. The maximum absolute atomic E-state index is 12.6. The number of hydrogen-bond donors (Lipinski definition) is 1. The summed E-state index contributed by atoms with van der Waals surface area (Å²) < 4.78 is 8.95. The highest BCUT2D eigenvalue weighted by Crippen LogP contribution is 2.27. The summed E-state index contributed by atoms with van der Waals surface area (Å²) in [5, 5.41) is 5.68. The summed E-state index contributed by atoms with van der Waals surface area (Å²) in [7, 11) is 1.61. The van der Waals surface area contributed by atoms with Crippen LogP contribution in [0.3, 0.4) is 0 Å². The van der Waals surface area contributed by atoms with Gasteiger partial charge in [-0.25, -0.2) is 9.97 Å². The number of carbonyl (C=O) groups is 1. The third-order valence-electron chi connectivity index (χ3n) is 4.28. The van der Waals surface area contributed by atoms with Crippen LogP contribution in [0.1, 0.15) is 16.2 Å². The van der Waals surface area contributed by atoms with Gasteiger partial charge in [-0.15, -0.1) is 11.3 Å². The Morgan fingerprint density at radius 2 is 2.26 bits per heavy atom. The van der Waals surface area contributed by atoms with Crippen molar-refractivity contribution in [2.24, 2.45) is 0 Å². The lowest BCUT2D eigenvalue weighted by Gasteiger charge is -2.03. The van der Waals surface area contributed by atoms with Gasteiger partial charge in [0.05, 0.1) is 23.4 Å². The van der Waals surface area contributed by atoms with E-state index in [1.54, 1.807) is 24.6 Å². The normalized spacial score (nSPS) is 11.2. The van der Waals surface area contributed by atoms with Crippen LogP contribution in [-0.2, 0) is 4.74 Å². The van der Waals surface area contributed by atoms with Gasteiger partial charge in [-0.05, 0) is 25.1 Å². The molecule has 1 N–H and O–H groups in total. The number of amides is 1. The summed E-state index contributed by atoms with van der Waals surface area (Å²) in [6.45, 7) is 2.88. The molecule has 0 atom stereocenters. The first kappa shape index (κ1) is 17.4. The van der Waals surface area contributed by atoms with Crippen molar-refractivity contribution in [1.82, 2.24) is 24.3 Å². The zero-order valence-corrected chi connectivity index (χ0v) is 15.9. The van der Waals surface area contributed by atoms with E-state index in [4.69, 9.17) is 9.72 Å². The third-order valence-corrected chi connectivity index (χ3v) is 5.05. The van der Waals surface area contributed by atoms with Gasteiger partial charge in [-0.3, -0.25) is 9.36 Å². The van der Waals surface area contributed by atoms with Crippen molar-refractivity contribution in [1.29, 1.82) is 0 Å². The molecule has 7 nitrogen and oxygen atoms in total. The molecule has 0 radical (unpaired) electrons. The largest absolute Gasteiger partial charge is 0.383 e. The van der Waals surface area contributed by atoms with E-state index in [0.29, 0.717) is 18.7 Å². The number of ether oxygens (including phenoxy) is 1. The van der Waals surface area contributed by atoms with E-state index in [1.165, 1.54) is 0 Å². The van der Waals surface area contributed by atoms with Crippen LogP contribution in [0, 0.1) is 6.92 Å². The molecule has 0 aromatic carbocycles. The molecule has 27 heavy (non-hydrogen) atoms. The van der Waals surface area contributed by atoms with Crippen molar-refractivity contribution < 1.29 is 9.53 Å². The van der Waals surface area contributed by atoms with E-state index in [2.05, 4.69) is 10.3 Å². The standard InChI is InChI=1S/C19H19N5O2S/c1-13-22-15(12-24(13)19-21-7-10-27-19)17-11-14(18(25)20-6-9-26-2)16-5-3-4-8-23(16)17/h3-5,7-8,10-12H,6,9H2,1-2H3,(H,20,25). The highest BCUT2D eigenvalue weighted by atomic mass is 32.1. The quantitative estimate of drug-likeness (QED) is 0.521. The van der Waals surface area contributed by atoms with Gasteiger partial charge in [-0.1, -0.05) is 6.07 Å². The fourth-order valence-electron chi connectivity index (χ4n) is 3.02. The van der Waals surface area contributed by atoms with Crippen molar-refractivity contribution in [3.05, 3.63) is 59.6 Å². The second-order valence-electron chi connectivity index (χ2n) is 6.01. The Balaban J connectivity index is 1.77. The zero-order chi connectivity index (χ0) is 18.8. The Kier molecular flexibility index (Phi) is 4.74. The van der Waals surface area contributed by atoms with Crippen molar-refractivity contribution in [2.75, 3.05) is 20.3 Å². The molecular formula is C19H19N5O2S. The molecule has 4 aromatic heterocycles. The Morgan fingerprint density at radius 1 is 1.37 bits per heavy atom. The Hall–Kier alpha value is -2.97. The van der Waals surface area contributed by atoms with Gasteiger partial charge in [0.15, 0.2) is 5.13 Å². The van der Waals surface area contributed by atoms with Crippen LogP contribution in [0.2, 0.25) is 0 Å². The summed E-state index contributed by atoms with van der Waals surface area (Å²) in [6.07, 6.45) is 5.66. The molecule has 138 valence electrons. The second kappa shape index (κ2) is 7.34. The third kappa shape index (κ3) is 3.24. The minimum atomic E-state index is -0.127. The number of fused-ring (bicyclic) bond motifs is 1. The van der Waals surface area contributed by atoms with Gasteiger partial charge < -0.3 is 14.5 Å². The fraction of sp³-hybridized carbons (Fsp3) is 0.211.